The van der Waals surface area contributed by atoms with Gasteiger partial charge in [0.15, 0.2) is 12.4 Å². The summed E-state index contributed by atoms with van der Waals surface area (Å²) in [6.07, 6.45) is -0.0494. The van der Waals surface area contributed by atoms with Crippen LogP contribution in [-0.2, 0) is 14.3 Å². The Morgan fingerprint density at radius 1 is 1.07 bits per heavy atom. The van der Waals surface area contributed by atoms with E-state index in [0.29, 0.717) is 22.7 Å². The number of esters is 1. The van der Waals surface area contributed by atoms with Crippen LogP contribution in [0, 0.1) is 0 Å². The van der Waals surface area contributed by atoms with E-state index >= 15 is 0 Å². The van der Waals surface area contributed by atoms with Crippen molar-refractivity contribution in [2.24, 2.45) is 0 Å². The topological polar surface area (TPSA) is 102 Å². The molecule has 0 atom stereocenters. The maximum Gasteiger partial charge on any atom is 0.306 e. The molecule has 0 unspecified atom stereocenters. The summed E-state index contributed by atoms with van der Waals surface area (Å²) < 4.78 is 4.88. The van der Waals surface area contributed by atoms with Gasteiger partial charge in [-0.2, -0.15) is 0 Å². The molecule has 2 rings (SSSR count). The Labute approximate surface area is 160 Å². The summed E-state index contributed by atoms with van der Waals surface area (Å²) >= 11 is 1.31. The van der Waals surface area contributed by atoms with Crippen molar-refractivity contribution < 1.29 is 23.9 Å². The van der Waals surface area contributed by atoms with Gasteiger partial charge in [0.25, 0.3) is 11.8 Å². The number of ketones is 1. The first-order valence-corrected chi connectivity index (χ1v) is 9.28. The van der Waals surface area contributed by atoms with E-state index in [2.05, 4.69) is 10.6 Å². The number of benzene rings is 1. The van der Waals surface area contributed by atoms with Gasteiger partial charge in [-0.25, -0.2) is 0 Å². The van der Waals surface area contributed by atoms with E-state index in [4.69, 9.17) is 4.74 Å². The number of nitrogens with one attached hydrogen (secondary N) is 2. The maximum atomic E-state index is 11.9. The zero-order chi connectivity index (χ0) is 19.6. The van der Waals surface area contributed by atoms with E-state index in [1.165, 1.54) is 17.4 Å². The van der Waals surface area contributed by atoms with Crippen molar-refractivity contribution in [3.63, 3.8) is 0 Å². The number of hydrogen-bond acceptors (Lipinski definition) is 6. The molecular weight excluding hydrogens is 368 g/mol. The first kappa shape index (κ1) is 20.3. The third-order valence-electron chi connectivity index (χ3n) is 3.46. The van der Waals surface area contributed by atoms with Crippen LogP contribution < -0.4 is 10.6 Å². The highest BCUT2D eigenvalue weighted by Crippen LogP contribution is 2.13. The van der Waals surface area contributed by atoms with Crippen molar-refractivity contribution in [3.8, 4) is 0 Å². The van der Waals surface area contributed by atoms with E-state index in [1.807, 2.05) is 6.92 Å². The number of Topliss-reactive ketones (excluding diaryl/α,β-unsaturated/α-hetero) is 1. The van der Waals surface area contributed by atoms with Gasteiger partial charge < -0.3 is 15.4 Å². The number of rotatable bonds is 9. The minimum Gasteiger partial charge on any atom is -0.456 e. The van der Waals surface area contributed by atoms with Gasteiger partial charge >= 0.3 is 5.97 Å². The second kappa shape index (κ2) is 10.2. The maximum absolute atomic E-state index is 11.9. The van der Waals surface area contributed by atoms with Crippen molar-refractivity contribution in [1.29, 1.82) is 0 Å². The number of ether oxygens (including phenoxy) is 1. The Kier molecular flexibility index (Phi) is 7.69. The minimum atomic E-state index is -0.619. The zero-order valence-corrected chi connectivity index (χ0v) is 15.6. The third-order valence-corrected chi connectivity index (χ3v) is 4.37. The highest BCUT2D eigenvalue weighted by molar-refractivity contribution is 7.12. The van der Waals surface area contributed by atoms with Gasteiger partial charge in [-0.3, -0.25) is 19.2 Å². The van der Waals surface area contributed by atoms with Crippen LogP contribution >= 0.6 is 11.3 Å². The first-order chi connectivity index (χ1) is 13.0. The molecule has 1 heterocycles. The van der Waals surface area contributed by atoms with E-state index in [9.17, 15) is 19.2 Å². The Balaban J connectivity index is 1.75. The second-order valence-corrected chi connectivity index (χ2v) is 6.50. The fourth-order valence-corrected chi connectivity index (χ4v) is 2.89. The molecule has 0 saturated carbocycles. The molecule has 1 aromatic heterocycles. The predicted molar refractivity (Wildman–Crippen MR) is 102 cm³/mol. The molecule has 0 fully saturated rings. The summed E-state index contributed by atoms with van der Waals surface area (Å²) in [5, 5.41) is 7.02. The van der Waals surface area contributed by atoms with Crippen LogP contribution in [0.25, 0.3) is 0 Å². The van der Waals surface area contributed by atoms with Crippen molar-refractivity contribution in [3.05, 3.63) is 52.2 Å². The molecule has 0 radical (unpaired) electrons. The quantitative estimate of drug-likeness (QED) is 0.508. The van der Waals surface area contributed by atoms with Crippen molar-refractivity contribution in [2.75, 3.05) is 18.5 Å². The van der Waals surface area contributed by atoms with Gasteiger partial charge in [-0.15, -0.1) is 11.3 Å². The third kappa shape index (κ3) is 6.67. The largest absolute Gasteiger partial charge is 0.456 e. The average Bonchev–Trinajstić information content (AvgIpc) is 3.19. The molecule has 2 amide bonds. The second-order valence-electron chi connectivity index (χ2n) is 5.55. The van der Waals surface area contributed by atoms with Crippen LogP contribution in [0.2, 0.25) is 0 Å². The van der Waals surface area contributed by atoms with Crippen LogP contribution in [0.1, 0.15) is 39.8 Å². The molecule has 1 aromatic carbocycles. The van der Waals surface area contributed by atoms with Crippen LogP contribution in [0.15, 0.2) is 41.8 Å². The lowest BCUT2D eigenvalue weighted by atomic mass is 10.2. The predicted octanol–water partition coefficient (Wildman–Crippen LogP) is 2.64. The summed E-state index contributed by atoms with van der Waals surface area (Å²) in [6, 6.07) is 9.89. The van der Waals surface area contributed by atoms with Gasteiger partial charge in [0.2, 0.25) is 0 Å². The van der Waals surface area contributed by atoms with Crippen LogP contribution in [0.3, 0.4) is 0 Å². The van der Waals surface area contributed by atoms with Gasteiger partial charge in [0, 0.05) is 24.2 Å². The summed E-state index contributed by atoms with van der Waals surface area (Å²) in [6.45, 7) is 1.85. The average molecular weight is 388 g/mol. The standard InChI is InChI=1S/C19H20N2O5S/c1-2-20-19(25)13-5-3-6-14(11-13)21-17(23)12-26-18(24)9-8-15(22)16-7-4-10-27-16/h3-7,10-11H,2,8-9,12H2,1H3,(H,20,25)(H,21,23). The fourth-order valence-electron chi connectivity index (χ4n) is 2.19. The smallest absolute Gasteiger partial charge is 0.306 e. The number of carbonyl (C=O) groups is 4. The van der Waals surface area contributed by atoms with Gasteiger partial charge in [-0.1, -0.05) is 12.1 Å². The monoisotopic (exact) mass is 388 g/mol. The molecule has 27 heavy (non-hydrogen) atoms. The lowest BCUT2D eigenvalue weighted by Crippen LogP contribution is -2.23. The van der Waals surface area contributed by atoms with Gasteiger partial charge in [0.1, 0.15) is 0 Å². The van der Waals surface area contributed by atoms with Crippen LogP contribution in [0.5, 0.6) is 0 Å². The van der Waals surface area contributed by atoms with Crippen LogP contribution in [-0.4, -0.2) is 36.7 Å². The Morgan fingerprint density at radius 2 is 1.89 bits per heavy atom. The van der Waals surface area contributed by atoms with Gasteiger partial charge in [-0.05, 0) is 36.6 Å². The minimum absolute atomic E-state index is 0.0373. The van der Waals surface area contributed by atoms with Crippen molar-refractivity contribution in [1.82, 2.24) is 5.32 Å². The van der Waals surface area contributed by atoms with E-state index < -0.39 is 18.5 Å². The van der Waals surface area contributed by atoms with Crippen LogP contribution in [0.4, 0.5) is 5.69 Å². The molecule has 0 spiro atoms. The fraction of sp³-hybridized carbons (Fsp3) is 0.263. The summed E-state index contributed by atoms with van der Waals surface area (Å²) in [5.41, 5.74) is 0.839. The number of hydrogen-bond donors (Lipinski definition) is 2. The SMILES string of the molecule is CCNC(=O)c1cccc(NC(=O)COC(=O)CCC(=O)c2cccs2)c1. The molecular formula is C19H20N2O5S. The molecule has 0 aliphatic carbocycles. The lowest BCUT2D eigenvalue weighted by molar-refractivity contribution is -0.147. The molecule has 0 bridgehead atoms. The Hall–Kier alpha value is -3.00. The summed E-state index contributed by atoms with van der Waals surface area (Å²) in [4.78, 5) is 47.8. The molecule has 142 valence electrons. The van der Waals surface area contributed by atoms with E-state index in [1.54, 1.807) is 35.7 Å². The highest BCUT2D eigenvalue weighted by Gasteiger charge is 2.13. The molecule has 8 heteroatoms. The van der Waals surface area contributed by atoms with Gasteiger partial charge in [0.05, 0.1) is 11.3 Å². The highest BCUT2D eigenvalue weighted by atomic mass is 32.1. The zero-order valence-electron chi connectivity index (χ0n) is 14.8. The summed E-state index contributed by atoms with van der Waals surface area (Å²) in [7, 11) is 0. The summed E-state index contributed by atoms with van der Waals surface area (Å²) in [5.74, 6) is -1.52. The Morgan fingerprint density at radius 3 is 2.59 bits per heavy atom. The first-order valence-electron chi connectivity index (χ1n) is 8.40. The van der Waals surface area contributed by atoms with Crippen molar-refractivity contribution >= 4 is 40.6 Å². The molecule has 2 N–H and O–H groups in total. The number of amides is 2. The lowest BCUT2D eigenvalue weighted by Gasteiger charge is -2.08. The molecule has 7 nitrogen and oxygen atoms in total. The number of thiophene rings is 1. The normalized spacial score (nSPS) is 10.1. The molecule has 2 aromatic rings. The van der Waals surface area contributed by atoms with Crippen molar-refractivity contribution in [2.45, 2.75) is 19.8 Å². The van der Waals surface area contributed by atoms with E-state index in [0.717, 1.165) is 0 Å². The molecule has 0 saturated heterocycles. The molecule has 0 aliphatic heterocycles. The Bertz CT molecular complexity index is 817. The number of carbonyl (C=O) groups excluding carboxylic acids is 4. The number of anilines is 1. The van der Waals surface area contributed by atoms with E-state index in [-0.39, 0.29) is 24.5 Å². The molecule has 0 aliphatic rings.